The molecule has 1 aromatic rings. The molecule has 0 aromatic heterocycles. The highest BCUT2D eigenvalue weighted by Gasteiger charge is 2.06. The molecule has 12 heavy (non-hydrogen) atoms. The summed E-state index contributed by atoms with van der Waals surface area (Å²) in [5.41, 5.74) is 4.32. The van der Waals surface area contributed by atoms with Crippen LogP contribution in [0.2, 0.25) is 0 Å². The monoisotopic (exact) mass is 180 g/mol. The molecule has 1 unspecified atom stereocenters. The third-order valence-corrected chi connectivity index (χ3v) is 3.40. The van der Waals surface area contributed by atoms with Crippen LogP contribution in [-0.2, 0) is 0 Å². The van der Waals surface area contributed by atoms with E-state index in [0.717, 1.165) is 0 Å². The quantitative estimate of drug-likeness (QED) is 0.668. The molecule has 0 bridgehead atoms. The Morgan fingerprint density at radius 1 is 1.25 bits per heavy atom. The smallest absolute Gasteiger partial charge is 0.0268 e. The Bertz CT molecular complexity index is 266. The maximum Gasteiger partial charge on any atom is 0.0268 e. The van der Waals surface area contributed by atoms with Gasteiger partial charge in [0, 0.05) is 5.25 Å². The first kappa shape index (κ1) is 9.66. The van der Waals surface area contributed by atoms with E-state index in [0.29, 0.717) is 5.25 Å². The summed E-state index contributed by atoms with van der Waals surface area (Å²) in [6.45, 7) is 6.63. The van der Waals surface area contributed by atoms with Gasteiger partial charge < -0.3 is 0 Å². The maximum atomic E-state index is 2.26. The van der Waals surface area contributed by atoms with E-state index in [2.05, 4.69) is 45.2 Å². The molecule has 1 rings (SSSR count). The van der Waals surface area contributed by atoms with Crippen LogP contribution in [0.15, 0.2) is 18.2 Å². The number of thioether (sulfide) groups is 1. The first-order valence-electron chi connectivity index (χ1n) is 4.25. The van der Waals surface area contributed by atoms with Crippen molar-refractivity contribution >= 4 is 11.8 Å². The van der Waals surface area contributed by atoms with Crippen molar-refractivity contribution in [1.29, 1.82) is 0 Å². The lowest BCUT2D eigenvalue weighted by molar-refractivity contribution is 1.07. The summed E-state index contributed by atoms with van der Waals surface area (Å²) >= 11 is 1.90. The Morgan fingerprint density at radius 3 is 2.50 bits per heavy atom. The van der Waals surface area contributed by atoms with Crippen LogP contribution in [0, 0.1) is 13.8 Å². The highest BCUT2D eigenvalue weighted by molar-refractivity contribution is 7.98. The van der Waals surface area contributed by atoms with Gasteiger partial charge in [0.2, 0.25) is 0 Å². The van der Waals surface area contributed by atoms with E-state index in [-0.39, 0.29) is 0 Å². The molecule has 0 spiro atoms. The van der Waals surface area contributed by atoms with E-state index in [1.54, 1.807) is 0 Å². The minimum atomic E-state index is 0.616. The van der Waals surface area contributed by atoms with E-state index in [1.807, 2.05) is 11.8 Å². The Labute approximate surface area is 79.4 Å². The van der Waals surface area contributed by atoms with Gasteiger partial charge in [-0.1, -0.05) is 18.2 Å². The number of rotatable bonds is 2. The lowest BCUT2D eigenvalue weighted by Crippen LogP contribution is -1.93. The van der Waals surface area contributed by atoms with Gasteiger partial charge in [-0.25, -0.2) is 0 Å². The average Bonchev–Trinajstić information content (AvgIpc) is 2.08. The summed E-state index contributed by atoms with van der Waals surface area (Å²) < 4.78 is 0. The molecular formula is C11H16S. The fourth-order valence-corrected chi connectivity index (χ4v) is 1.85. The summed E-state index contributed by atoms with van der Waals surface area (Å²) in [4.78, 5) is 0. The Balaban J connectivity index is 3.07. The van der Waals surface area contributed by atoms with Gasteiger partial charge in [-0.05, 0) is 43.7 Å². The van der Waals surface area contributed by atoms with Crippen molar-refractivity contribution in [1.82, 2.24) is 0 Å². The molecule has 0 heterocycles. The zero-order valence-corrected chi connectivity index (χ0v) is 9.03. The van der Waals surface area contributed by atoms with Gasteiger partial charge >= 0.3 is 0 Å². The van der Waals surface area contributed by atoms with Gasteiger partial charge in [0.25, 0.3) is 0 Å². The minimum absolute atomic E-state index is 0.616. The molecule has 0 aliphatic rings. The van der Waals surface area contributed by atoms with Crippen LogP contribution in [0.5, 0.6) is 0 Å². The zero-order valence-electron chi connectivity index (χ0n) is 8.22. The van der Waals surface area contributed by atoms with E-state index >= 15 is 0 Å². The Kier molecular flexibility index (Phi) is 3.21. The van der Waals surface area contributed by atoms with E-state index in [9.17, 15) is 0 Å². The van der Waals surface area contributed by atoms with Crippen LogP contribution in [0.25, 0.3) is 0 Å². The summed E-state index contributed by atoms with van der Waals surface area (Å²) in [7, 11) is 0. The maximum absolute atomic E-state index is 2.26. The topological polar surface area (TPSA) is 0 Å². The van der Waals surface area contributed by atoms with Crippen LogP contribution in [0.4, 0.5) is 0 Å². The first-order chi connectivity index (χ1) is 5.66. The summed E-state index contributed by atoms with van der Waals surface area (Å²) in [6.07, 6.45) is 2.16. The van der Waals surface area contributed by atoms with Crippen molar-refractivity contribution in [3.63, 3.8) is 0 Å². The molecule has 0 saturated carbocycles. The normalized spacial score (nSPS) is 13.0. The second kappa shape index (κ2) is 3.99. The van der Waals surface area contributed by atoms with Gasteiger partial charge in [-0.3, -0.25) is 0 Å². The van der Waals surface area contributed by atoms with Crippen LogP contribution < -0.4 is 0 Å². The minimum Gasteiger partial charge on any atom is -0.157 e. The predicted octanol–water partition coefficient (Wildman–Crippen LogP) is 3.73. The van der Waals surface area contributed by atoms with Crippen LogP contribution >= 0.6 is 11.8 Å². The van der Waals surface area contributed by atoms with Crippen molar-refractivity contribution in [3.8, 4) is 0 Å². The van der Waals surface area contributed by atoms with Crippen molar-refractivity contribution in [2.24, 2.45) is 0 Å². The van der Waals surface area contributed by atoms with Gasteiger partial charge in [-0.15, -0.1) is 0 Å². The van der Waals surface area contributed by atoms with E-state index in [4.69, 9.17) is 0 Å². The van der Waals surface area contributed by atoms with Crippen molar-refractivity contribution in [2.45, 2.75) is 26.0 Å². The molecule has 0 aliphatic carbocycles. The SMILES string of the molecule is CSC(C)c1cccc(C)c1C. The number of hydrogen-bond donors (Lipinski definition) is 0. The zero-order chi connectivity index (χ0) is 9.14. The fourth-order valence-electron chi connectivity index (χ4n) is 1.34. The molecule has 0 fully saturated rings. The summed E-state index contributed by atoms with van der Waals surface area (Å²) in [5.74, 6) is 0. The van der Waals surface area contributed by atoms with Crippen LogP contribution in [0.3, 0.4) is 0 Å². The molecule has 0 radical (unpaired) electrons. The van der Waals surface area contributed by atoms with Gasteiger partial charge in [0.1, 0.15) is 0 Å². The predicted molar refractivity (Wildman–Crippen MR) is 57.8 cm³/mol. The van der Waals surface area contributed by atoms with Crippen molar-refractivity contribution in [3.05, 3.63) is 34.9 Å². The second-order valence-corrected chi connectivity index (χ2v) is 4.35. The molecule has 0 nitrogen and oxygen atoms in total. The Hall–Kier alpha value is -0.430. The van der Waals surface area contributed by atoms with Gasteiger partial charge in [-0.2, -0.15) is 11.8 Å². The third kappa shape index (κ3) is 1.84. The molecule has 0 amide bonds. The van der Waals surface area contributed by atoms with E-state index in [1.165, 1.54) is 16.7 Å². The van der Waals surface area contributed by atoms with Gasteiger partial charge in [0.15, 0.2) is 0 Å². The van der Waals surface area contributed by atoms with Crippen molar-refractivity contribution < 1.29 is 0 Å². The lowest BCUT2D eigenvalue weighted by Gasteiger charge is -2.13. The number of aryl methyl sites for hydroxylation is 1. The number of benzene rings is 1. The first-order valence-corrected chi connectivity index (χ1v) is 5.54. The molecule has 0 aliphatic heterocycles. The summed E-state index contributed by atoms with van der Waals surface area (Å²) in [6, 6.07) is 6.54. The molecule has 1 atom stereocenters. The largest absolute Gasteiger partial charge is 0.157 e. The highest BCUT2D eigenvalue weighted by Crippen LogP contribution is 2.29. The third-order valence-electron chi connectivity index (χ3n) is 2.44. The van der Waals surface area contributed by atoms with E-state index < -0.39 is 0 Å². The number of hydrogen-bond acceptors (Lipinski definition) is 1. The second-order valence-electron chi connectivity index (χ2n) is 3.17. The molecule has 66 valence electrons. The fraction of sp³-hybridized carbons (Fsp3) is 0.455. The summed E-state index contributed by atoms with van der Waals surface area (Å²) in [5, 5.41) is 0.616. The molecule has 1 heteroatoms. The lowest BCUT2D eigenvalue weighted by atomic mass is 10.0. The standard InChI is InChI=1S/C11H16S/c1-8-6-5-7-11(9(8)2)10(3)12-4/h5-7,10H,1-4H3. The van der Waals surface area contributed by atoms with Crippen LogP contribution in [0.1, 0.15) is 28.9 Å². The molecule has 1 aromatic carbocycles. The van der Waals surface area contributed by atoms with Crippen LogP contribution in [-0.4, -0.2) is 6.26 Å². The van der Waals surface area contributed by atoms with Crippen molar-refractivity contribution in [2.75, 3.05) is 6.26 Å². The average molecular weight is 180 g/mol. The van der Waals surface area contributed by atoms with Gasteiger partial charge in [0.05, 0.1) is 0 Å². The molecular weight excluding hydrogens is 164 g/mol. The molecule has 0 N–H and O–H groups in total. The Morgan fingerprint density at radius 2 is 1.92 bits per heavy atom. The highest BCUT2D eigenvalue weighted by atomic mass is 32.2. The molecule has 0 saturated heterocycles.